The minimum Gasteiger partial charge on any atom is -0.329 e. The van der Waals surface area contributed by atoms with Gasteiger partial charge in [0.2, 0.25) is 0 Å². The molecule has 1 heterocycles. The summed E-state index contributed by atoms with van der Waals surface area (Å²) in [5.41, 5.74) is 6.57. The number of nitrogens with two attached hydrogens (primary N) is 1. The molecule has 0 amide bonds. The molecule has 5 atom stereocenters. The minimum absolute atomic E-state index is 0.283. The Hall–Kier alpha value is -0.0800. The van der Waals surface area contributed by atoms with E-state index in [0.717, 1.165) is 30.3 Å². The molecular weight excluding hydrogens is 220 g/mol. The third kappa shape index (κ3) is 2.34. The fraction of sp³-hybridized carbons (Fsp3) is 1.00. The van der Waals surface area contributed by atoms with Gasteiger partial charge < -0.3 is 5.73 Å². The van der Waals surface area contributed by atoms with Crippen LogP contribution in [0.2, 0.25) is 0 Å². The highest BCUT2D eigenvalue weighted by atomic mass is 15.2. The molecule has 0 aromatic heterocycles. The third-order valence-electron chi connectivity index (χ3n) is 6.01. The van der Waals surface area contributed by atoms with E-state index in [1.165, 1.54) is 38.6 Å². The molecular formula is C16H32N2. The van der Waals surface area contributed by atoms with Crippen LogP contribution in [0.25, 0.3) is 0 Å². The molecule has 1 aliphatic carbocycles. The molecule has 1 saturated heterocycles. The van der Waals surface area contributed by atoms with Gasteiger partial charge in [-0.25, -0.2) is 0 Å². The van der Waals surface area contributed by atoms with Crippen molar-refractivity contribution < 1.29 is 0 Å². The first-order valence-electron chi connectivity index (χ1n) is 7.98. The lowest BCUT2D eigenvalue weighted by Gasteiger charge is -2.56. The minimum atomic E-state index is 0.283. The predicted molar refractivity (Wildman–Crippen MR) is 78.5 cm³/mol. The summed E-state index contributed by atoms with van der Waals surface area (Å²) in [4.78, 5) is 2.79. The fourth-order valence-electron chi connectivity index (χ4n) is 4.46. The lowest BCUT2D eigenvalue weighted by molar-refractivity contribution is -0.0589. The first-order chi connectivity index (χ1) is 8.51. The van der Waals surface area contributed by atoms with Gasteiger partial charge in [-0.1, -0.05) is 33.6 Å². The van der Waals surface area contributed by atoms with Crippen molar-refractivity contribution in [2.24, 2.45) is 23.5 Å². The Balaban J connectivity index is 2.24. The van der Waals surface area contributed by atoms with Crippen LogP contribution < -0.4 is 5.73 Å². The highest BCUT2D eigenvalue weighted by molar-refractivity contribution is 5.03. The van der Waals surface area contributed by atoms with Crippen molar-refractivity contribution in [3.8, 4) is 0 Å². The van der Waals surface area contributed by atoms with Crippen LogP contribution in [0.15, 0.2) is 0 Å². The van der Waals surface area contributed by atoms with Gasteiger partial charge in [-0.2, -0.15) is 0 Å². The second kappa shape index (κ2) is 5.50. The van der Waals surface area contributed by atoms with Gasteiger partial charge in [-0.3, -0.25) is 4.90 Å². The summed E-state index contributed by atoms with van der Waals surface area (Å²) in [5, 5.41) is 0. The first kappa shape index (κ1) is 14.3. The van der Waals surface area contributed by atoms with E-state index < -0.39 is 0 Å². The van der Waals surface area contributed by atoms with Crippen molar-refractivity contribution in [1.82, 2.24) is 4.90 Å². The average molecular weight is 252 g/mol. The molecule has 106 valence electrons. The molecule has 2 nitrogen and oxygen atoms in total. The summed E-state index contributed by atoms with van der Waals surface area (Å²) in [6, 6.07) is 0.720. The molecule has 2 heteroatoms. The van der Waals surface area contributed by atoms with Gasteiger partial charge in [0.05, 0.1) is 0 Å². The van der Waals surface area contributed by atoms with Crippen molar-refractivity contribution in [3.05, 3.63) is 0 Å². The molecule has 0 aromatic rings. The van der Waals surface area contributed by atoms with Crippen molar-refractivity contribution in [2.45, 2.75) is 71.4 Å². The Bertz CT molecular complexity index is 278. The Kier molecular flexibility index (Phi) is 4.38. The van der Waals surface area contributed by atoms with Gasteiger partial charge in [0, 0.05) is 24.7 Å². The lowest BCUT2D eigenvalue weighted by atomic mass is 9.66. The van der Waals surface area contributed by atoms with E-state index in [0.29, 0.717) is 0 Å². The normalized spacial score (nSPS) is 47.2. The summed E-state index contributed by atoms with van der Waals surface area (Å²) in [5.74, 6) is 2.41. The van der Waals surface area contributed by atoms with Gasteiger partial charge in [-0.15, -0.1) is 0 Å². The SMILES string of the molecule is CC1CCC(C)N(C2(CN)CCCC(C)C2C)C1. The number of hydrogen-bond donors (Lipinski definition) is 1. The molecule has 0 spiro atoms. The zero-order valence-corrected chi connectivity index (χ0v) is 12.8. The van der Waals surface area contributed by atoms with Crippen molar-refractivity contribution in [3.63, 3.8) is 0 Å². The summed E-state index contributed by atoms with van der Waals surface area (Å²) in [6.45, 7) is 11.8. The second-order valence-corrected chi connectivity index (χ2v) is 7.15. The maximum Gasteiger partial charge on any atom is 0.0362 e. The van der Waals surface area contributed by atoms with Gasteiger partial charge >= 0.3 is 0 Å². The summed E-state index contributed by atoms with van der Waals surface area (Å²) >= 11 is 0. The Morgan fingerprint density at radius 3 is 2.50 bits per heavy atom. The van der Waals surface area contributed by atoms with Crippen molar-refractivity contribution >= 4 is 0 Å². The molecule has 2 aliphatic rings. The number of hydrogen-bond acceptors (Lipinski definition) is 2. The molecule has 18 heavy (non-hydrogen) atoms. The first-order valence-corrected chi connectivity index (χ1v) is 7.98. The maximum atomic E-state index is 6.29. The van der Waals surface area contributed by atoms with Crippen LogP contribution in [0.5, 0.6) is 0 Å². The third-order valence-corrected chi connectivity index (χ3v) is 6.01. The van der Waals surface area contributed by atoms with Gasteiger partial charge in [0.15, 0.2) is 0 Å². The van der Waals surface area contributed by atoms with Crippen LogP contribution in [0.1, 0.15) is 59.8 Å². The summed E-state index contributed by atoms with van der Waals surface area (Å²) < 4.78 is 0. The molecule has 0 radical (unpaired) electrons. The Labute approximate surface area is 113 Å². The van der Waals surface area contributed by atoms with Gasteiger partial charge in [0.25, 0.3) is 0 Å². The van der Waals surface area contributed by atoms with E-state index in [-0.39, 0.29) is 5.54 Å². The molecule has 2 rings (SSSR count). The lowest BCUT2D eigenvalue weighted by Crippen LogP contribution is -2.65. The van der Waals surface area contributed by atoms with Crippen LogP contribution in [0.3, 0.4) is 0 Å². The van der Waals surface area contributed by atoms with Crippen LogP contribution >= 0.6 is 0 Å². The van der Waals surface area contributed by atoms with Crippen molar-refractivity contribution in [2.75, 3.05) is 13.1 Å². The van der Waals surface area contributed by atoms with Gasteiger partial charge in [-0.05, 0) is 43.9 Å². The standard InChI is InChI=1S/C16H32N2/c1-12-7-8-14(3)18(10-12)16(11-17)9-5-6-13(2)15(16)4/h12-15H,5-11,17H2,1-4H3. The second-order valence-electron chi connectivity index (χ2n) is 7.15. The zero-order chi connectivity index (χ0) is 13.3. The molecule has 5 unspecified atom stereocenters. The zero-order valence-electron chi connectivity index (χ0n) is 12.8. The molecule has 0 bridgehead atoms. The van der Waals surface area contributed by atoms with Crippen LogP contribution in [0.4, 0.5) is 0 Å². The Morgan fingerprint density at radius 2 is 1.83 bits per heavy atom. The van der Waals surface area contributed by atoms with Crippen LogP contribution in [0, 0.1) is 17.8 Å². The van der Waals surface area contributed by atoms with E-state index in [1.54, 1.807) is 0 Å². The maximum absolute atomic E-state index is 6.29. The topological polar surface area (TPSA) is 29.3 Å². The number of rotatable bonds is 2. The highest BCUT2D eigenvalue weighted by Gasteiger charge is 2.47. The number of piperidine rings is 1. The molecule has 1 aliphatic heterocycles. The molecule has 1 saturated carbocycles. The monoisotopic (exact) mass is 252 g/mol. The molecule has 2 fully saturated rings. The van der Waals surface area contributed by atoms with E-state index >= 15 is 0 Å². The average Bonchev–Trinajstić information content (AvgIpc) is 2.36. The fourth-order valence-corrected chi connectivity index (χ4v) is 4.46. The summed E-state index contributed by atoms with van der Waals surface area (Å²) in [6.07, 6.45) is 6.80. The van der Waals surface area contributed by atoms with Crippen LogP contribution in [-0.2, 0) is 0 Å². The largest absolute Gasteiger partial charge is 0.329 e. The van der Waals surface area contributed by atoms with Crippen molar-refractivity contribution in [1.29, 1.82) is 0 Å². The highest BCUT2D eigenvalue weighted by Crippen LogP contribution is 2.44. The van der Waals surface area contributed by atoms with Crippen LogP contribution in [-0.4, -0.2) is 29.6 Å². The smallest absolute Gasteiger partial charge is 0.0362 e. The van der Waals surface area contributed by atoms with E-state index in [4.69, 9.17) is 5.73 Å². The van der Waals surface area contributed by atoms with E-state index in [2.05, 4.69) is 32.6 Å². The van der Waals surface area contributed by atoms with Gasteiger partial charge in [0.1, 0.15) is 0 Å². The Morgan fingerprint density at radius 1 is 1.11 bits per heavy atom. The predicted octanol–water partition coefficient (Wildman–Crippen LogP) is 3.26. The molecule has 0 aromatic carbocycles. The molecule has 2 N–H and O–H groups in total. The van der Waals surface area contributed by atoms with E-state index in [9.17, 15) is 0 Å². The number of likely N-dealkylation sites (tertiary alicyclic amines) is 1. The quantitative estimate of drug-likeness (QED) is 0.817. The number of nitrogens with zero attached hydrogens (tertiary/aromatic N) is 1. The summed E-state index contributed by atoms with van der Waals surface area (Å²) in [7, 11) is 0. The van der Waals surface area contributed by atoms with E-state index in [1.807, 2.05) is 0 Å².